The van der Waals surface area contributed by atoms with Gasteiger partial charge in [0.15, 0.2) is 24.1 Å². The van der Waals surface area contributed by atoms with Crippen LogP contribution in [0.3, 0.4) is 0 Å². The van der Waals surface area contributed by atoms with E-state index in [2.05, 4.69) is 10.1 Å². The van der Waals surface area contributed by atoms with Crippen molar-refractivity contribution in [2.75, 3.05) is 19.0 Å². The summed E-state index contributed by atoms with van der Waals surface area (Å²) in [5, 5.41) is 2.06. The van der Waals surface area contributed by atoms with Crippen molar-refractivity contribution >= 4 is 17.6 Å². The third kappa shape index (κ3) is 4.03. The highest BCUT2D eigenvalue weighted by atomic mass is 19.2. The molecule has 0 bridgehead atoms. The van der Waals surface area contributed by atoms with Crippen molar-refractivity contribution in [2.24, 2.45) is 0 Å². The molecule has 2 aromatic carbocycles. The normalized spacial score (nSPS) is 10.2. The average molecular weight is 339 g/mol. The van der Waals surface area contributed by atoms with E-state index in [0.29, 0.717) is 6.07 Å². The Morgan fingerprint density at radius 1 is 1.08 bits per heavy atom. The summed E-state index contributed by atoms with van der Waals surface area (Å²) in [4.78, 5) is 23.1. The zero-order chi connectivity index (χ0) is 17.7. The van der Waals surface area contributed by atoms with E-state index >= 15 is 0 Å². The highest BCUT2D eigenvalue weighted by Gasteiger charge is 2.15. The number of methoxy groups -OCH3 is 1. The number of anilines is 1. The van der Waals surface area contributed by atoms with E-state index in [4.69, 9.17) is 4.74 Å². The summed E-state index contributed by atoms with van der Waals surface area (Å²) in [5.41, 5.74) is -0.284. The standard InChI is InChI=1S/C16H12F3NO4/c1-23-16(22)9-3-2-4-10(7-9)24-8-13(21)20-12-6-5-11(17)14(18)15(12)19/h2-7H,8H2,1H3,(H,20,21). The van der Waals surface area contributed by atoms with Gasteiger partial charge in [-0.25, -0.2) is 18.0 Å². The molecule has 24 heavy (non-hydrogen) atoms. The number of amides is 1. The predicted molar refractivity (Wildman–Crippen MR) is 78.2 cm³/mol. The van der Waals surface area contributed by atoms with Gasteiger partial charge in [-0.3, -0.25) is 4.79 Å². The molecular formula is C16H12F3NO4. The fourth-order valence-electron chi connectivity index (χ4n) is 1.79. The Morgan fingerprint density at radius 2 is 1.83 bits per heavy atom. The molecule has 0 radical (unpaired) electrons. The van der Waals surface area contributed by atoms with Gasteiger partial charge < -0.3 is 14.8 Å². The van der Waals surface area contributed by atoms with E-state index in [9.17, 15) is 22.8 Å². The van der Waals surface area contributed by atoms with E-state index in [1.165, 1.54) is 31.4 Å². The summed E-state index contributed by atoms with van der Waals surface area (Å²) < 4.78 is 49.0. The third-order valence-electron chi connectivity index (χ3n) is 2.93. The van der Waals surface area contributed by atoms with Crippen molar-refractivity contribution in [1.29, 1.82) is 0 Å². The first-order valence-corrected chi connectivity index (χ1v) is 6.67. The van der Waals surface area contributed by atoms with Crippen LogP contribution in [0.15, 0.2) is 36.4 Å². The lowest BCUT2D eigenvalue weighted by atomic mass is 10.2. The highest BCUT2D eigenvalue weighted by Crippen LogP contribution is 2.19. The van der Waals surface area contributed by atoms with Crippen LogP contribution in [0.25, 0.3) is 0 Å². The summed E-state index contributed by atoms with van der Waals surface area (Å²) in [6.07, 6.45) is 0. The van der Waals surface area contributed by atoms with Crippen LogP contribution in [0.5, 0.6) is 5.75 Å². The topological polar surface area (TPSA) is 64.6 Å². The molecule has 0 saturated heterocycles. The predicted octanol–water partition coefficient (Wildman–Crippen LogP) is 2.91. The molecule has 8 heteroatoms. The minimum atomic E-state index is -1.68. The van der Waals surface area contributed by atoms with E-state index in [-0.39, 0.29) is 11.3 Å². The minimum Gasteiger partial charge on any atom is -0.484 e. The second-order valence-electron chi connectivity index (χ2n) is 4.58. The van der Waals surface area contributed by atoms with E-state index < -0.39 is 41.6 Å². The summed E-state index contributed by atoms with van der Waals surface area (Å²) in [5.74, 6) is -5.70. The molecule has 0 aromatic heterocycles. The fourth-order valence-corrected chi connectivity index (χ4v) is 1.79. The zero-order valence-electron chi connectivity index (χ0n) is 12.4. The number of hydrogen-bond donors (Lipinski definition) is 1. The van der Waals surface area contributed by atoms with Crippen molar-refractivity contribution < 1.29 is 32.2 Å². The molecule has 0 unspecified atom stereocenters. The van der Waals surface area contributed by atoms with Crippen LogP contribution in [0.1, 0.15) is 10.4 Å². The van der Waals surface area contributed by atoms with Crippen LogP contribution >= 0.6 is 0 Å². The molecule has 2 aromatic rings. The summed E-state index contributed by atoms with van der Waals surface area (Å²) in [6.45, 7) is -0.525. The van der Waals surface area contributed by atoms with Gasteiger partial charge in [-0.2, -0.15) is 0 Å². The first-order valence-electron chi connectivity index (χ1n) is 6.67. The monoisotopic (exact) mass is 339 g/mol. The number of hydrogen-bond acceptors (Lipinski definition) is 4. The van der Waals surface area contributed by atoms with Gasteiger partial charge in [0.05, 0.1) is 18.4 Å². The van der Waals surface area contributed by atoms with Gasteiger partial charge >= 0.3 is 5.97 Å². The van der Waals surface area contributed by atoms with Crippen molar-refractivity contribution in [1.82, 2.24) is 0 Å². The Labute approximate surface area is 135 Å². The molecule has 1 amide bonds. The molecule has 126 valence electrons. The van der Waals surface area contributed by atoms with Crippen molar-refractivity contribution in [3.63, 3.8) is 0 Å². The molecule has 0 atom stereocenters. The van der Waals surface area contributed by atoms with E-state index in [0.717, 1.165) is 6.07 Å². The van der Waals surface area contributed by atoms with Crippen molar-refractivity contribution in [3.8, 4) is 5.75 Å². The third-order valence-corrected chi connectivity index (χ3v) is 2.93. The zero-order valence-corrected chi connectivity index (χ0v) is 12.4. The van der Waals surface area contributed by atoms with Crippen LogP contribution in [0, 0.1) is 17.5 Å². The van der Waals surface area contributed by atoms with Crippen LogP contribution < -0.4 is 10.1 Å². The van der Waals surface area contributed by atoms with Crippen molar-refractivity contribution in [2.45, 2.75) is 0 Å². The quantitative estimate of drug-likeness (QED) is 0.672. The largest absolute Gasteiger partial charge is 0.484 e. The number of nitrogens with one attached hydrogen (secondary N) is 1. The van der Waals surface area contributed by atoms with Gasteiger partial charge in [0.2, 0.25) is 0 Å². The number of esters is 1. The molecule has 5 nitrogen and oxygen atoms in total. The molecule has 0 heterocycles. The lowest BCUT2D eigenvalue weighted by Gasteiger charge is -2.09. The van der Waals surface area contributed by atoms with Gasteiger partial charge in [-0.05, 0) is 30.3 Å². The Kier molecular flexibility index (Phi) is 5.41. The van der Waals surface area contributed by atoms with Crippen LogP contribution in [-0.2, 0) is 9.53 Å². The van der Waals surface area contributed by atoms with Crippen molar-refractivity contribution in [3.05, 3.63) is 59.4 Å². The second-order valence-corrected chi connectivity index (χ2v) is 4.58. The molecule has 0 fully saturated rings. The number of halogens is 3. The number of ether oxygens (including phenoxy) is 2. The summed E-state index contributed by atoms with van der Waals surface area (Å²) in [6, 6.07) is 7.46. The van der Waals surface area contributed by atoms with Gasteiger partial charge in [0.25, 0.3) is 5.91 Å². The molecular weight excluding hydrogens is 327 g/mol. The van der Waals surface area contributed by atoms with Gasteiger partial charge in [0, 0.05) is 0 Å². The van der Waals surface area contributed by atoms with Crippen LogP contribution in [0.4, 0.5) is 18.9 Å². The number of benzene rings is 2. The lowest BCUT2D eigenvalue weighted by molar-refractivity contribution is -0.118. The molecule has 0 aliphatic heterocycles. The minimum absolute atomic E-state index is 0.207. The molecule has 0 spiro atoms. The van der Waals surface area contributed by atoms with Gasteiger partial charge in [0.1, 0.15) is 5.75 Å². The van der Waals surface area contributed by atoms with Crippen LogP contribution in [-0.4, -0.2) is 25.6 Å². The van der Waals surface area contributed by atoms with Gasteiger partial charge in [-0.1, -0.05) is 6.07 Å². The molecule has 0 aliphatic carbocycles. The highest BCUT2D eigenvalue weighted by molar-refractivity contribution is 5.92. The number of carbonyl (C=O) groups is 2. The lowest BCUT2D eigenvalue weighted by Crippen LogP contribution is -2.21. The molecule has 0 saturated carbocycles. The molecule has 1 N–H and O–H groups in total. The Balaban J connectivity index is 1.99. The SMILES string of the molecule is COC(=O)c1cccc(OCC(=O)Nc2ccc(F)c(F)c2F)c1. The second kappa shape index (κ2) is 7.49. The Hall–Kier alpha value is -3.03. The summed E-state index contributed by atoms with van der Waals surface area (Å²) in [7, 11) is 1.22. The average Bonchev–Trinajstić information content (AvgIpc) is 2.60. The van der Waals surface area contributed by atoms with E-state index in [1.807, 2.05) is 0 Å². The first kappa shape index (κ1) is 17.3. The smallest absolute Gasteiger partial charge is 0.337 e. The maximum atomic E-state index is 13.4. The van der Waals surface area contributed by atoms with Gasteiger partial charge in [-0.15, -0.1) is 0 Å². The Bertz CT molecular complexity index is 780. The van der Waals surface area contributed by atoms with E-state index in [1.54, 1.807) is 0 Å². The molecule has 0 aliphatic rings. The first-order chi connectivity index (χ1) is 11.4. The molecule has 2 rings (SSSR count). The Morgan fingerprint density at radius 3 is 2.54 bits per heavy atom. The fraction of sp³-hybridized carbons (Fsp3) is 0.125. The summed E-state index contributed by atoms with van der Waals surface area (Å²) >= 11 is 0. The maximum Gasteiger partial charge on any atom is 0.337 e. The number of rotatable bonds is 5. The number of carbonyl (C=O) groups excluding carboxylic acids is 2. The van der Waals surface area contributed by atoms with Crippen LogP contribution in [0.2, 0.25) is 0 Å². The maximum absolute atomic E-state index is 13.4.